The van der Waals surface area contributed by atoms with Crippen molar-refractivity contribution >= 4 is 43.1 Å². The van der Waals surface area contributed by atoms with Gasteiger partial charge < -0.3 is 9.47 Å². The summed E-state index contributed by atoms with van der Waals surface area (Å²) in [7, 11) is 0. The molecule has 0 radical (unpaired) electrons. The van der Waals surface area contributed by atoms with E-state index in [1.807, 2.05) is 30.3 Å². The van der Waals surface area contributed by atoms with E-state index >= 15 is 0 Å². The van der Waals surface area contributed by atoms with Crippen molar-refractivity contribution in [2.75, 3.05) is 0 Å². The lowest BCUT2D eigenvalue weighted by atomic mass is 9.83. The van der Waals surface area contributed by atoms with Gasteiger partial charge in [0.05, 0.1) is 0 Å². The fourth-order valence-corrected chi connectivity index (χ4v) is 7.55. The molecule has 10 rings (SSSR count). The highest BCUT2D eigenvalue weighted by Gasteiger charge is 2.21. The predicted octanol–water partition coefficient (Wildman–Crippen LogP) is 13.2. The second-order valence-electron chi connectivity index (χ2n) is 12.4. The molecule has 2 nitrogen and oxygen atoms in total. The molecule has 9 aromatic carbocycles. The van der Waals surface area contributed by atoms with Gasteiger partial charge in [-0.25, -0.2) is 0 Å². The molecular formula is C46H28O2. The first-order chi connectivity index (χ1) is 23.8. The van der Waals surface area contributed by atoms with Crippen molar-refractivity contribution in [1.82, 2.24) is 0 Å². The summed E-state index contributed by atoms with van der Waals surface area (Å²) < 4.78 is 12.4. The highest BCUT2D eigenvalue weighted by molar-refractivity contribution is 6.25. The van der Waals surface area contributed by atoms with Crippen molar-refractivity contribution in [2.45, 2.75) is 0 Å². The second kappa shape index (κ2) is 10.6. The first-order valence-corrected chi connectivity index (χ1v) is 16.3. The minimum atomic E-state index is 0.722. The number of hydrogen-bond donors (Lipinski definition) is 0. The van der Waals surface area contributed by atoms with Gasteiger partial charge in [0.25, 0.3) is 0 Å². The summed E-state index contributed by atoms with van der Waals surface area (Å²) in [6.07, 6.45) is 0. The molecule has 0 aromatic heterocycles. The fraction of sp³-hybridized carbons (Fsp3) is 0. The van der Waals surface area contributed by atoms with E-state index in [4.69, 9.17) is 9.47 Å². The number of benzene rings is 9. The van der Waals surface area contributed by atoms with Crippen LogP contribution in [0.2, 0.25) is 0 Å². The zero-order chi connectivity index (χ0) is 31.6. The minimum absolute atomic E-state index is 0.722. The Morgan fingerprint density at radius 3 is 1.48 bits per heavy atom. The molecule has 0 saturated carbocycles. The fourth-order valence-electron chi connectivity index (χ4n) is 7.55. The van der Waals surface area contributed by atoms with Crippen LogP contribution in [0.3, 0.4) is 0 Å². The maximum absolute atomic E-state index is 6.26. The molecule has 1 aliphatic heterocycles. The van der Waals surface area contributed by atoms with Gasteiger partial charge in [0.1, 0.15) is 0 Å². The van der Waals surface area contributed by atoms with Crippen LogP contribution >= 0.6 is 0 Å². The number of ether oxygens (including phenoxy) is 2. The molecule has 0 amide bonds. The molecule has 0 spiro atoms. The van der Waals surface area contributed by atoms with Crippen LogP contribution in [-0.4, -0.2) is 0 Å². The van der Waals surface area contributed by atoms with Crippen LogP contribution in [0.4, 0.5) is 0 Å². The van der Waals surface area contributed by atoms with Crippen LogP contribution in [0.5, 0.6) is 23.0 Å². The maximum atomic E-state index is 6.26. The molecule has 1 heterocycles. The average molecular weight is 613 g/mol. The monoisotopic (exact) mass is 612 g/mol. The van der Waals surface area contributed by atoms with Crippen molar-refractivity contribution in [3.05, 3.63) is 170 Å². The van der Waals surface area contributed by atoms with Crippen molar-refractivity contribution in [3.8, 4) is 56.4 Å². The summed E-state index contributed by atoms with van der Waals surface area (Å²) in [5.74, 6) is 2.91. The predicted molar refractivity (Wildman–Crippen MR) is 199 cm³/mol. The highest BCUT2D eigenvalue weighted by atomic mass is 16.6. The molecule has 48 heavy (non-hydrogen) atoms. The Kier molecular flexibility index (Phi) is 5.91. The standard InChI is InChI=1S/C46H28O2/c1-2-15-33-31(12-1)27-40(35-17-4-3-16-34(33)35)46-38-20-7-5-18-36(38)45(37-19-6-8-21-39(37)46)32-14-11-13-29(26-32)30-24-25-43-44(28-30)48-42-23-10-9-22-41(42)47-43/h1-28H. The Morgan fingerprint density at radius 2 is 0.771 bits per heavy atom. The molecule has 0 N–H and O–H groups in total. The van der Waals surface area contributed by atoms with E-state index in [1.54, 1.807) is 0 Å². The normalized spacial score (nSPS) is 12.1. The zero-order valence-corrected chi connectivity index (χ0v) is 26.0. The summed E-state index contributed by atoms with van der Waals surface area (Å²) in [6, 6.07) is 60.5. The third-order valence-corrected chi connectivity index (χ3v) is 9.69. The van der Waals surface area contributed by atoms with Crippen molar-refractivity contribution in [3.63, 3.8) is 0 Å². The number of para-hydroxylation sites is 2. The summed E-state index contributed by atoms with van der Waals surface area (Å²) in [5, 5.41) is 10.0. The van der Waals surface area contributed by atoms with Crippen molar-refractivity contribution in [2.24, 2.45) is 0 Å². The first-order valence-electron chi connectivity index (χ1n) is 16.3. The van der Waals surface area contributed by atoms with E-state index in [9.17, 15) is 0 Å². The molecule has 9 aromatic rings. The third-order valence-electron chi connectivity index (χ3n) is 9.69. The van der Waals surface area contributed by atoms with Gasteiger partial charge in [-0.05, 0) is 113 Å². The van der Waals surface area contributed by atoms with E-state index in [1.165, 1.54) is 65.3 Å². The molecule has 1 aliphatic rings. The average Bonchev–Trinajstić information content (AvgIpc) is 3.15. The lowest BCUT2D eigenvalue weighted by Gasteiger charge is -2.21. The van der Waals surface area contributed by atoms with Gasteiger partial charge in [0, 0.05) is 0 Å². The summed E-state index contributed by atoms with van der Waals surface area (Å²) in [6.45, 7) is 0. The Bertz CT molecular complexity index is 2680. The summed E-state index contributed by atoms with van der Waals surface area (Å²) >= 11 is 0. The van der Waals surface area contributed by atoms with Crippen LogP contribution in [0.1, 0.15) is 0 Å². The molecule has 0 saturated heterocycles. The Labute approximate surface area is 278 Å². The summed E-state index contributed by atoms with van der Waals surface area (Å²) in [4.78, 5) is 0. The van der Waals surface area contributed by atoms with Gasteiger partial charge in [0.2, 0.25) is 0 Å². The maximum Gasteiger partial charge on any atom is 0.170 e. The van der Waals surface area contributed by atoms with Crippen LogP contribution in [-0.2, 0) is 0 Å². The van der Waals surface area contributed by atoms with Gasteiger partial charge in [-0.15, -0.1) is 0 Å². The van der Waals surface area contributed by atoms with Gasteiger partial charge in [-0.3, -0.25) is 0 Å². The SMILES string of the molecule is c1cc(-c2ccc3c(c2)Oc2ccccc2O3)cc(-c2c3ccccc3c(-c3cc4ccccc4c4ccccc34)c3ccccc23)c1. The number of hydrogen-bond acceptors (Lipinski definition) is 2. The molecule has 0 atom stereocenters. The molecule has 0 aliphatic carbocycles. The number of rotatable bonds is 3. The smallest absolute Gasteiger partial charge is 0.170 e. The third kappa shape index (κ3) is 4.13. The van der Waals surface area contributed by atoms with Gasteiger partial charge >= 0.3 is 0 Å². The van der Waals surface area contributed by atoms with Crippen LogP contribution in [0.25, 0.3) is 76.5 Å². The van der Waals surface area contributed by atoms with E-state index in [2.05, 4.69) is 140 Å². The van der Waals surface area contributed by atoms with E-state index in [-0.39, 0.29) is 0 Å². The Balaban J connectivity index is 1.19. The second-order valence-corrected chi connectivity index (χ2v) is 12.4. The van der Waals surface area contributed by atoms with E-state index in [0.717, 1.165) is 34.1 Å². The lowest BCUT2D eigenvalue weighted by Crippen LogP contribution is -1.98. The summed E-state index contributed by atoms with van der Waals surface area (Å²) in [5.41, 5.74) is 7.14. The lowest BCUT2D eigenvalue weighted by molar-refractivity contribution is 0.360. The first kappa shape index (κ1) is 26.8. The van der Waals surface area contributed by atoms with Crippen LogP contribution in [0.15, 0.2) is 170 Å². The Hall–Kier alpha value is -6.38. The highest BCUT2D eigenvalue weighted by Crippen LogP contribution is 2.48. The van der Waals surface area contributed by atoms with Gasteiger partial charge in [0.15, 0.2) is 23.0 Å². The van der Waals surface area contributed by atoms with E-state index < -0.39 is 0 Å². The van der Waals surface area contributed by atoms with Crippen molar-refractivity contribution < 1.29 is 9.47 Å². The van der Waals surface area contributed by atoms with Crippen LogP contribution in [0, 0.1) is 0 Å². The largest absolute Gasteiger partial charge is 0.450 e. The topological polar surface area (TPSA) is 18.5 Å². The van der Waals surface area contributed by atoms with Crippen LogP contribution < -0.4 is 9.47 Å². The molecule has 0 bridgehead atoms. The molecule has 0 fully saturated rings. The van der Waals surface area contributed by atoms with Gasteiger partial charge in [-0.1, -0.05) is 133 Å². The number of fused-ring (bicyclic) bond motifs is 7. The van der Waals surface area contributed by atoms with Crippen molar-refractivity contribution in [1.29, 1.82) is 0 Å². The zero-order valence-electron chi connectivity index (χ0n) is 26.0. The molecule has 224 valence electrons. The Morgan fingerprint density at radius 1 is 0.271 bits per heavy atom. The molecule has 2 heteroatoms. The minimum Gasteiger partial charge on any atom is -0.450 e. The molecular weight excluding hydrogens is 585 g/mol. The quantitative estimate of drug-likeness (QED) is 0.146. The van der Waals surface area contributed by atoms with E-state index in [0.29, 0.717) is 0 Å². The van der Waals surface area contributed by atoms with Gasteiger partial charge in [-0.2, -0.15) is 0 Å². The molecule has 0 unspecified atom stereocenters.